The summed E-state index contributed by atoms with van der Waals surface area (Å²) in [4.78, 5) is 0. The van der Waals surface area contributed by atoms with Crippen molar-refractivity contribution in [2.45, 2.75) is 32.7 Å². The topological polar surface area (TPSA) is 30.7 Å². The fourth-order valence-electron chi connectivity index (χ4n) is 1.13. The Morgan fingerprint density at radius 1 is 1.40 bits per heavy atom. The van der Waals surface area contributed by atoms with Crippen LogP contribution in [0.2, 0.25) is 0 Å². The number of aromatic nitrogens is 3. The molecule has 2 rings (SSSR count). The molecule has 0 bridgehead atoms. The van der Waals surface area contributed by atoms with Gasteiger partial charge in [0.2, 0.25) is 0 Å². The van der Waals surface area contributed by atoms with Crippen LogP contribution in [0.1, 0.15) is 32.2 Å². The van der Waals surface area contributed by atoms with Gasteiger partial charge in [-0.05, 0) is 0 Å². The summed E-state index contributed by atoms with van der Waals surface area (Å²) < 4.78 is 1.93. The number of hydrogen-bond donors (Lipinski definition) is 0. The zero-order valence-corrected chi connectivity index (χ0v) is 6.55. The zero-order valence-electron chi connectivity index (χ0n) is 6.55. The molecule has 0 aliphatic carbocycles. The average Bonchev–Trinajstić information content (AvgIpc) is 2.40. The molecular weight excluding hydrogens is 126 g/mol. The van der Waals surface area contributed by atoms with Crippen LogP contribution in [0.15, 0.2) is 0 Å². The van der Waals surface area contributed by atoms with Crippen molar-refractivity contribution >= 4 is 0 Å². The highest BCUT2D eigenvalue weighted by atomic mass is 15.5. The summed E-state index contributed by atoms with van der Waals surface area (Å²) in [5.74, 6) is 0. The molecular formula is C7H11N3. The third-order valence-corrected chi connectivity index (χ3v) is 1.74. The first-order valence-electron chi connectivity index (χ1n) is 3.52. The summed E-state index contributed by atoms with van der Waals surface area (Å²) in [5.41, 5.74) is 2.64. The van der Waals surface area contributed by atoms with Crippen molar-refractivity contribution in [2.75, 3.05) is 0 Å². The van der Waals surface area contributed by atoms with Gasteiger partial charge in [0.15, 0.2) is 0 Å². The predicted octanol–water partition coefficient (Wildman–Crippen LogP) is 0.937. The molecule has 10 heavy (non-hydrogen) atoms. The Bertz CT molecular complexity index is 267. The molecule has 3 heteroatoms. The molecule has 0 aromatic carbocycles. The van der Waals surface area contributed by atoms with E-state index in [1.54, 1.807) is 0 Å². The molecule has 0 saturated carbocycles. The maximum absolute atomic E-state index is 4.07. The van der Waals surface area contributed by atoms with Crippen LogP contribution >= 0.6 is 0 Å². The molecule has 0 spiro atoms. The lowest BCUT2D eigenvalue weighted by Crippen LogP contribution is -2.12. The summed E-state index contributed by atoms with van der Waals surface area (Å²) in [6.45, 7) is 7.50. The SMILES string of the molecule is CC(C)(C)c1nnn2c1C2. The third-order valence-electron chi connectivity index (χ3n) is 1.74. The summed E-state index contributed by atoms with van der Waals surface area (Å²) in [6.07, 6.45) is 0. The smallest absolute Gasteiger partial charge is 0.0931 e. The van der Waals surface area contributed by atoms with Crippen LogP contribution in [-0.4, -0.2) is 15.0 Å². The molecule has 0 radical (unpaired) electrons. The van der Waals surface area contributed by atoms with E-state index in [0.29, 0.717) is 0 Å². The number of hydrogen-bond acceptors (Lipinski definition) is 2. The highest BCUT2D eigenvalue weighted by Crippen LogP contribution is 2.29. The van der Waals surface area contributed by atoms with Crippen molar-refractivity contribution < 1.29 is 0 Å². The zero-order chi connectivity index (χ0) is 7.35. The van der Waals surface area contributed by atoms with Gasteiger partial charge in [0, 0.05) is 5.41 Å². The van der Waals surface area contributed by atoms with Gasteiger partial charge in [0.25, 0.3) is 0 Å². The van der Waals surface area contributed by atoms with Gasteiger partial charge in [-0.25, -0.2) is 4.68 Å². The van der Waals surface area contributed by atoms with Crippen molar-refractivity contribution in [3.8, 4) is 0 Å². The lowest BCUT2D eigenvalue weighted by Gasteiger charge is -2.13. The van der Waals surface area contributed by atoms with Gasteiger partial charge in [-0.15, -0.1) is 5.10 Å². The van der Waals surface area contributed by atoms with E-state index in [1.807, 2.05) is 4.68 Å². The molecule has 3 nitrogen and oxygen atoms in total. The van der Waals surface area contributed by atoms with Crippen molar-refractivity contribution in [2.24, 2.45) is 0 Å². The van der Waals surface area contributed by atoms with Crippen LogP contribution in [-0.2, 0) is 12.0 Å². The molecule has 2 heterocycles. The maximum Gasteiger partial charge on any atom is 0.0931 e. The third kappa shape index (κ3) is 0.664. The van der Waals surface area contributed by atoms with E-state index in [-0.39, 0.29) is 5.41 Å². The first-order chi connectivity index (χ1) is 4.59. The van der Waals surface area contributed by atoms with E-state index in [1.165, 1.54) is 5.69 Å². The number of nitrogens with zero attached hydrogens (tertiary/aromatic N) is 3. The summed E-state index contributed by atoms with van der Waals surface area (Å²) in [5, 5.41) is 8.01. The monoisotopic (exact) mass is 137 g/mol. The van der Waals surface area contributed by atoms with E-state index in [9.17, 15) is 0 Å². The minimum atomic E-state index is 0.171. The summed E-state index contributed by atoms with van der Waals surface area (Å²) in [7, 11) is 0. The Labute approximate surface area is 60.0 Å². The Balaban J connectivity index is 2.45. The van der Waals surface area contributed by atoms with Gasteiger partial charge in [-0.2, -0.15) is 0 Å². The van der Waals surface area contributed by atoms with Gasteiger partial charge in [-0.1, -0.05) is 26.0 Å². The minimum absolute atomic E-state index is 0.171. The number of fused-ring (bicyclic) bond motifs is 1. The highest BCUT2D eigenvalue weighted by molar-refractivity contribution is 5.26. The van der Waals surface area contributed by atoms with Crippen LogP contribution < -0.4 is 0 Å². The Morgan fingerprint density at radius 2 is 2.10 bits per heavy atom. The second kappa shape index (κ2) is 1.41. The standard InChI is InChI=1S/C7H11N3/c1-7(2,3)6-5-4-10(5)9-8-6/h4H2,1-3H3. The van der Waals surface area contributed by atoms with Crippen molar-refractivity contribution in [1.82, 2.24) is 15.0 Å². The van der Waals surface area contributed by atoms with Crippen LogP contribution in [0.3, 0.4) is 0 Å². The van der Waals surface area contributed by atoms with Gasteiger partial charge in [0.1, 0.15) is 0 Å². The van der Waals surface area contributed by atoms with Crippen molar-refractivity contribution in [3.63, 3.8) is 0 Å². The molecule has 0 unspecified atom stereocenters. The van der Waals surface area contributed by atoms with E-state index < -0.39 is 0 Å². The first-order valence-corrected chi connectivity index (χ1v) is 3.52. The highest BCUT2D eigenvalue weighted by Gasteiger charge is 2.31. The van der Waals surface area contributed by atoms with Gasteiger partial charge >= 0.3 is 0 Å². The predicted molar refractivity (Wildman–Crippen MR) is 37.8 cm³/mol. The first kappa shape index (κ1) is 5.89. The molecule has 0 amide bonds. The normalized spacial score (nSPS) is 15.1. The van der Waals surface area contributed by atoms with E-state index in [0.717, 1.165) is 12.2 Å². The second-order valence-corrected chi connectivity index (χ2v) is 3.79. The molecule has 0 fully saturated rings. The van der Waals surface area contributed by atoms with E-state index in [4.69, 9.17) is 0 Å². The van der Waals surface area contributed by atoms with Crippen molar-refractivity contribution in [3.05, 3.63) is 11.4 Å². The Morgan fingerprint density at radius 3 is 2.30 bits per heavy atom. The fraction of sp³-hybridized carbons (Fsp3) is 0.714. The fourth-order valence-corrected chi connectivity index (χ4v) is 1.13. The van der Waals surface area contributed by atoms with Gasteiger partial charge in [0.05, 0.1) is 17.9 Å². The minimum Gasteiger partial charge on any atom is -0.241 e. The summed E-state index contributed by atoms with van der Waals surface area (Å²) in [6, 6.07) is 0. The Hall–Kier alpha value is -0.860. The largest absolute Gasteiger partial charge is 0.241 e. The molecule has 1 aromatic heterocycles. The average molecular weight is 137 g/mol. The second-order valence-electron chi connectivity index (χ2n) is 3.79. The summed E-state index contributed by atoms with van der Waals surface area (Å²) >= 11 is 0. The van der Waals surface area contributed by atoms with E-state index in [2.05, 4.69) is 31.1 Å². The maximum atomic E-state index is 4.07. The molecule has 1 aliphatic rings. The molecule has 0 atom stereocenters. The molecule has 54 valence electrons. The van der Waals surface area contributed by atoms with Crippen LogP contribution in [0.25, 0.3) is 0 Å². The van der Waals surface area contributed by atoms with Gasteiger partial charge in [-0.3, -0.25) is 0 Å². The van der Waals surface area contributed by atoms with Gasteiger partial charge < -0.3 is 0 Å². The molecule has 1 aliphatic heterocycles. The number of rotatable bonds is 0. The van der Waals surface area contributed by atoms with Crippen molar-refractivity contribution in [1.29, 1.82) is 0 Å². The van der Waals surface area contributed by atoms with E-state index >= 15 is 0 Å². The lowest BCUT2D eigenvalue weighted by atomic mass is 9.92. The molecule has 0 N–H and O–H groups in total. The lowest BCUT2D eigenvalue weighted by molar-refractivity contribution is 0.558. The molecule has 0 saturated heterocycles. The van der Waals surface area contributed by atoms with Crippen LogP contribution in [0, 0.1) is 0 Å². The quantitative estimate of drug-likeness (QED) is 0.541. The van der Waals surface area contributed by atoms with Crippen LogP contribution in [0.4, 0.5) is 0 Å². The molecule has 1 aromatic rings. The van der Waals surface area contributed by atoms with Crippen LogP contribution in [0.5, 0.6) is 0 Å². The Kier molecular flexibility index (Phi) is 0.832.